The van der Waals surface area contributed by atoms with E-state index in [1.54, 1.807) is 14.0 Å². The molecule has 0 saturated heterocycles. The average molecular weight is 332 g/mol. The lowest BCUT2D eigenvalue weighted by atomic mass is 9.81. The Kier molecular flexibility index (Phi) is 6.64. The number of carbonyl (C=O) groups excluding carboxylic acids is 2. The number of hydrogen-bond acceptors (Lipinski definition) is 3. The van der Waals surface area contributed by atoms with Crippen LogP contribution >= 0.6 is 0 Å². The van der Waals surface area contributed by atoms with Crippen molar-refractivity contribution in [2.24, 2.45) is 0 Å². The number of benzene rings is 1. The SMILES string of the molecule is CCCNC(=O)C(C)NC(=O)CC1CCCc2cc(OC)ccc21. The fraction of sp³-hybridized carbons (Fsp3) is 0.579. The van der Waals surface area contributed by atoms with Gasteiger partial charge in [0.1, 0.15) is 11.8 Å². The van der Waals surface area contributed by atoms with Crippen molar-refractivity contribution in [1.29, 1.82) is 0 Å². The zero-order valence-corrected chi connectivity index (χ0v) is 14.9. The third-order valence-electron chi connectivity index (χ3n) is 4.54. The Morgan fingerprint density at radius 3 is 2.88 bits per heavy atom. The van der Waals surface area contributed by atoms with Crippen LogP contribution in [0.4, 0.5) is 0 Å². The number of fused-ring (bicyclic) bond motifs is 1. The second kappa shape index (κ2) is 8.71. The fourth-order valence-corrected chi connectivity index (χ4v) is 3.22. The maximum atomic E-state index is 12.3. The molecule has 2 N–H and O–H groups in total. The van der Waals surface area contributed by atoms with Gasteiger partial charge >= 0.3 is 0 Å². The minimum Gasteiger partial charge on any atom is -0.497 e. The molecule has 1 aliphatic carbocycles. The van der Waals surface area contributed by atoms with Gasteiger partial charge in [0.15, 0.2) is 0 Å². The maximum Gasteiger partial charge on any atom is 0.242 e. The van der Waals surface area contributed by atoms with Gasteiger partial charge in [-0.2, -0.15) is 0 Å². The summed E-state index contributed by atoms with van der Waals surface area (Å²) in [6, 6.07) is 5.60. The van der Waals surface area contributed by atoms with Crippen LogP contribution in [-0.2, 0) is 16.0 Å². The van der Waals surface area contributed by atoms with Crippen LogP contribution in [0, 0.1) is 0 Å². The van der Waals surface area contributed by atoms with Gasteiger partial charge in [-0.1, -0.05) is 13.0 Å². The highest BCUT2D eigenvalue weighted by Gasteiger charge is 2.24. The molecular weight excluding hydrogens is 304 g/mol. The number of carbonyl (C=O) groups is 2. The van der Waals surface area contributed by atoms with Crippen LogP contribution in [-0.4, -0.2) is 31.5 Å². The number of aryl methyl sites for hydroxylation is 1. The number of nitrogens with one attached hydrogen (secondary N) is 2. The van der Waals surface area contributed by atoms with Crippen LogP contribution in [0.25, 0.3) is 0 Å². The second-order valence-corrected chi connectivity index (χ2v) is 6.44. The Bertz CT molecular complexity index is 586. The smallest absolute Gasteiger partial charge is 0.242 e. The molecule has 1 aliphatic rings. The summed E-state index contributed by atoms with van der Waals surface area (Å²) in [4.78, 5) is 24.2. The van der Waals surface area contributed by atoms with Gasteiger partial charge in [0.2, 0.25) is 11.8 Å². The summed E-state index contributed by atoms with van der Waals surface area (Å²) in [6.07, 6.45) is 4.41. The number of amides is 2. The Morgan fingerprint density at radius 2 is 2.17 bits per heavy atom. The zero-order chi connectivity index (χ0) is 17.5. The highest BCUT2D eigenvalue weighted by molar-refractivity contribution is 5.87. The van der Waals surface area contributed by atoms with E-state index in [0.29, 0.717) is 13.0 Å². The van der Waals surface area contributed by atoms with Crippen LogP contribution in [0.1, 0.15) is 56.6 Å². The van der Waals surface area contributed by atoms with E-state index in [4.69, 9.17) is 4.74 Å². The summed E-state index contributed by atoms with van der Waals surface area (Å²) >= 11 is 0. The van der Waals surface area contributed by atoms with Crippen LogP contribution in [0.3, 0.4) is 0 Å². The molecule has 5 heteroatoms. The molecular formula is C19H28N2O3. The molecule has 0 spiro atoms. The maximum absolute atomic E-state index is 12.3. The van der Waals surface area contributed by atoms with E-state index >= 15 is 0 Å². The molecule has 2 amide bonds. The molecule has 0 aromatic heterocycles. The van der Waals surface area contributed by atoms with E-state index in [9.17, 15) is 9.59 Å². The number of hydrogen-bond donors (Lipinski definition) is 2. The first-order valence-electron chi connectivity index (χ1n) is 8.79. The summed E-state index contributed by atoms with van der Waals surface area (Å²) in [6.45, 7) is 4.36. The standard InChI is InChI=1S/C19H28N2O3/c1-4-10-20-19(23)13(2)21-18(22)12-15-7-5-6-14-11-16(24-3)8-9-17(14)15/h8-9,11,13,15H,4-7,10,12H2,1-3H3,(H,20,23)(H,21,22). The van der Waals surface area contributed by atoms with Crippen LogP contribution in [0.2, 0.25) is 0 Å². The summed E-state index contributed by atoms with van der Waals surface area (Å²) in [5.74, 6) is 0.882. The van der Waals surface area contributed by atoms with Gasteiger partial charge in [-0.3, -0.25) is 9.59 Å². The van der Waals surface area contributed by atoms with Gasteiger partial charge in [0.25, 0.3) is 0 Å². The van der Waals surface area contributed by atoms with E-state index in [1.165, 1.54) is 11.1 Å². The van der Waals surface area contributed by atoms with Gasteiger partial charge < -0.3 is 15.4 Å². The second-order valence-electron chi connectivity index (χ2n) is 6.44. The lowest BCUT2D eigenvalue weighted by Crippen LogP contribution is -2.45. The molecule has 0 aliphatic heterocycles. The Morgan fingerprint density at radius 1 is 1.38 bits per heavy atom. The minimum atomic E-state index is -0.497. The summed E-state index contributed by atoms with van der Waals surface area (Å²) in [5, 5.41) is 5.62. The van der Waals surface area contributed by atoms with Crippen LogP contribution in [0.5, 0.6) is 5.75 Å². The largest absolute Gasteiger partial charge is 0.497 e. The molecule has 24 heavy (non-hydrogen) atoms. The van der Waals surface area contributed by atoms with E-state index < -0.39 is 6.04 Å². The van der Waals surface area contributed by atoms with Crippen molar-refractivity contribution in [3.63, 3.8) is 0 Å². The van der Waals surface area contributed by atoms with Crippen molar-refractivity contribution in [2.45, 2.75) is 57.9 Å². The van der Waals surface area contributed by atoms with E-state index in [2.05, 4.69) is 22.8 Å². The first-order chi connectivity index (χ1) is 11.5. The molecule has 1 aromatic carbocycles. The minimum absolute atomic E-state index is 0.0668. The summed E-state index contributed by atoms with van der Waals surface area (Å²) in [5.41, 5.74) is 2.51. The molecule has 132 valence electrons. The number of rotatable bonds is 7. The zero-order valence-electron chi connectivity index (χ0n) is 14.9. The van der Waals surface area contributed by atoms with Gasteiger partial charge in [-0.05, 0) is 61.8 Å². The van der Waals surface area contributed by atoms with Crippen molar-refractivity contribution in [3.05, 3.63) is 29.3 Å². The molecule has 2 unspecified atom stereocenters. The molecule has 0 bridgehead atoms. The quantitative estimate of drug-likeness (QED) is 0.806. The Labute approximate surface area is 144 Å². The number of ether oxygens (including phenoxy) is 1. The van der Waals surface area contributed by atoms with E-state index in [1.807, 2.05) is 13.0 Å². The van der Waals surface area contributed by atoms with E-state index in [-0.39, 0.29) is 17.7 Å². The van der Waals surface area contributed by atoms with Gasteiger partial charge in [0.05, 0.1) is 7.11 Å². The molecule has 0 fully saturated rings. The van der Waals surface area contributed by atoms with E-state index in [0.717, 1.165) is 31.4 Å². The topological polar surface area (TPSA) is 67.4 Å². The average Bonchev–Trinajstić information content (AvgIpc) is 2.59. The molecule has 0 saturated carbocycles. The molecule has 2 rings (SSSR count). The molecule has 0 radical (unpaired) electrons. The first-order valence-corrected chi connectivity index (χ1v) is 8.79. The van der Waals surface area contributed by atoms with Crippen molar-refractivity contribution in [3.8, 4) is 5.75 Å². The Balaban J connectivity index is 1.94. The Hall–Kier alpha value is -2.04. The fourth-order valence-electron chi connectivity index (χ4n) is 3.22. The molecule has 1 aromatic rings. The third kappa shape index (κ3) is 4.73. The molecule has 0 heterocycles. The number of methoxy groups -OCH3 is 1. The lowest BCUT2D eigenvalue weighted by molar-refractivity contribution is -0.128. The van der Waals surface area contributed by atoms with Crippen LogP contribution < -0.4 is 15.4 Å². The molecule has 5 nitrogen and oxygen atoms in total. The molecule has 2 atom stereocenters. The van der Waals surface area contributed by atoms with Crippen molar-refractivity contribution >= 4 is 11.8 Å². The first kappa shape index (κ1) is 18.3. The van der Waals surface area contributed by atoms with Crippen molar-refractivity contribution < 1.29 is 14.3 Å². The summed E-state index contributed by atoms with van der Waals surface area (Å²) in [7, 11) is 1.67. The van der Waals surface area contributed by atoms with Gasteiger partial charge in [0, 0.05) is 13.0 Å². The monoisotopic (exact) mass is 332 g/mol. The van der Waals surface area contributed by atoms with Crippen LogP contribution in [0.15, 0.2) is 18.2 Å². The highest BCUT2D eigenvalue weighted by atomic mass is 16.5. The normalized spacial score (nSPS) is 17.5. The lowest BCUT2D eigenvalue weighted by Gasteiger charge is -2.26. The van der Waals surface area contributed by atoms with Gasteiger partial charge in [-0.25, -0.2) is 0 Å². The third-order valence-corrected chi connectivity index (χ3v) is 4.54. The van der Waals surface area contributed by atoms with Crippen molar-refractivity contribution in [1.82, 2.24) is 10.6 Å². The summed E-state index contributed by atoms with van der Waals surface area (Å²) < 4.78 is 5.28. The predicted molar refractivity (Wildman–Crippen MR) is 94.2 cm³/mol. The van der Waals surface area contributed by atoms with Gasteiger partial charge in [-0.15, -0.1) is 0 Å². The highest BCUT2D eigenvalue weighted by Crippen LogP contribution is 2.35. The van der Waals surface area contributed by atoms with Crippen molar-refractivity contribution in [2.75, 3.05) is 13.7 Å². The predicted octanol–water partition coefficient (Wildman–Crippen LogP) is 2.54.